The summed E-state index contributed by atoms with van der Waals surface area (Å²) in [7, 11) is 0. The number of nitrogens with zero attached hydrogens (tertiary/aromatic N) is 5. The first-order chi connectivity index (χ1) is 14.7. The van der Waals surface area contributed by atoms with Crippen molar-refractivity contribution in [3.63, 3.8) is 0 Å². The summed E-state index contributed by atoms with van der Waals surface area (Å²) in [5.41, 5.74) is 3.96. The van der Waals surface area contributed by atoms with Crippen molar-refractivity contribution in [2.45, 2.75) is 44.3 Å². The molecule has 2 aliphatic rings. The molecule has 0 spiro atoms. The molecule has 1 aliphatic carbocycles. The van der Waals surface area contributed by atoms with Crippen LogP contribution in [-0.4, -0.2) is 49.7 Å². The summed E-state index contributed by atoms with van der Waals surface area (Å²) in [5, 5.41) is 11.1. The highest BCUT2D eigenvalue weighted by Gasteiger charge is 2.30. The molecule has 30 heavy (non-hydrogen) atoms. The molecular formula is C23H26N6O. The summed E-state index contributed by atoms with van der Waals surface area (Å²) in [5.74, 6) is 0.443. The summed E-state index contributed by atoms with van der Waals surface area (Å²) >= 11 is 0. The third-order valence-corrected chi connectivity index (χ3v) is 5.82. The summed E-state index contributed by atoms with van der Waals surface area (Å²) in [6.45, 7) is 3.40. The van der Waals surface area contributed by atoms with E-state index < -0.39 is 0 Å². The summed E-state index contributed by atoms with van der Waals surface area (Å²) < 4.78 is 2.15. The fraction of sp³-hybridized carbons (Fsp3) is 0.391. The highest BCUT2D eigenvalue weighted by atomic mass is 16.2. The predicted molar refractivity (Wildman–Crippen MR) is 113 cm³/mol. The van der Waals surface area contributed by atoms with Gasteiger partial charge in [-0.1, -0.05) is 30.3 Å². The van der Waals surface area contributed by atoms with Gasteiger partial charge in [0.25, 0.3) is 5.91 Å². The van der Waals surface area contributed by atoms with Gasteiger partial charge in [-0.15, -0.1) is 5.10 Å². The zero-order valence-corrected chi connectivity index (χ0v) is 16.9. The van der Waals surface area contributed by atoms with Crippen molar-refractivity contribution in [2.75, 3.05) is 13.1 Å². The van der Waals surface area contributed by atoms with Gasteiger partial charge in [-0.2, -0.15) is 5.10 Å². The summed E-state index contributed by atoms with van der Waals surface area (Å²) in [6.07, 6.45) is 9.17. The number of aromatic nitrogens is 4. The molecule has 1 amide bonds. The number of amides is 1. The number of benzene rings is 1. The van der Waals surface area contributed by atoms with Gasteiger partial charge in [-0.25, -0.2) is 4.98 Å². The molecule has 7 nitrogen and oxygen atoms in total. The molecule has 1 saturated heterocycles. The Kier molecular flexibility index (Phi) is 5.27. The van der Waals surface area contributed by atoms with Crippen LogP contribution >= 0.6 is 0 Å². The van der Waals surface area contributed by atoms with Crippen LogP contribution < -0.4 is 5.32 Å². The topological polar surface area (TPSA) is 75.9 Å². The second kappa shape index (κ2) is 8.36. The maximum Gasteiger partial charge on any atom is 0.272 e. The van der Waals surface area contributed by atoms with Crippen molar-refractivity contribution in [1.29, 1.82) is 0 Å². The molecule has 1 N–H and O–H groups in total. The molecule has 2 fully saturated rings. The lowest BCUT2D eigenvalue weighted by atomic mass is 10.1. The zero-order valence-electron chi connectivity index (χ0n) is 16.9. The van der Waals surface area contributed by atoms with Crippen LogP contribution in [0.3, 0.4) is 0 Å². The van der Waals surface area contributed by atoms with Gasteiger partial charge in [-0.05, 0) is 42.4 Å². The highest BCUT2D eigenvalue weighted by Crippen LogP contribution is 2.39. The number of hydrogen-bond donors (Lipinski definition) is 1. The number of hydrogen-bond acceptors (Lipinski definition) is 5. The fourth-order valence-corrected chi connectivity index (χ4v) is 3.92. The Hall–Kier alpha value is -3.06. The number of imidazole rings is 1. The molecule has 1 aromatic carbocycles. The second-order valence-electron chi connectivity index (χ2n) is 8.35. The van der Waals surface area contributed by atoms with Gasteiger partial charge < -0.3 is 9.88 Å². The van der Waals surface area contributed by atoms with Crippen molar-refractivity contribution in [2.24, 2.45) is 0 Å². The zero-order chi connectivity index (χ0) is 20.3. The molecule has 2 aromatic heterocycles. The van der Waals surface area contributed by atoms with E-state index in [4.69, 9.17) is 0 Å². The van der Waals surface area contributed by atoms with Crippen LogP contribution in [0.4, 0.5) is 0 Å². The highest BCUT2D eigenvalue weighted by molar-refractivity contribution is 5.92. The van der Waals surface area contributed by atoms with Crippen LogP contribution in [0.5, 0.6) is 0 Å². The van der Waals surface area contributed by atoms with E-state index >= 15 is 0 Å². The van der Waals surface area contributed by atoms with Crippen LogP contribution in [0, 0.1) is 0 Å². The van der Waals surface area contributed by atoms with E-state index in [9.17, 15) is 4.79 Å². The number of aryl methyl sites for hydroxylation is 2. The molecule has 1 aliphatic heterocycles. The molecule has 1 saturated carbocycles. The number of rotatable bonds is 8. The van der Waals surface area contributed by atoms with Gasteiger partial charge in [0.05, 0.1) is 24.3 Å². The molecule has 0 atom stereocenters. The Morgan fingerprint density at radius 2 is 2.00 bits per heavy atom. The average Bonchev–Trinajstić information content (AvgIpc) is 3.51. The van der Waals surface area contributed by atoms with E-state index in [0.29, 0.717) is 11.6 Å². The molecule has 7 heteroatoms. The first kappa shape index (κ1) is 18.9. The second-order valence-corrected chi connectivity index (χ2v) is 8.35. The van der Waals surface area contributed by atoms with Gasteiger partial charge in [0, 0.05) is 32.4 Å². The fourth-order valence-electron chi connectivity index (χ4n) is 3.92. The SMILES string of the molecule is O=C(NC1CN(Cc2cn(CCc3ccccc3)cn2)C1)c1cc(C2CC2)cnn1. The summed E-state index contributed by atoms with van der Waals surface area (Å²) in [4.78, 5) is 19.3. The van der Waals surface area contributed by atoms with Crippen LogP contribution in [0.25, 0.3) is 0 Å². The van der Waals surface area contributed by atoms with Crippen LogP contribution in [0.15, 0.2) is 55.1 Å². The lowest BCUT2D eigenvalue weighted by molar-refractivity contribution is 0.0786. The van der Waals surface area contributed by atoms with Crippen LogP contribution in [0.1, 0.15) is 46.1 Å². The normalized spacial score (nSPS) is 16.9. The Labute approximate surface area is 176 Å². The van der Waals surface area contributed by atoms with Gasteiger partial charge in [0.15, 0.2) is 5.69 Å². The van der Waals surface area contributed by atoms with Crippen molar-refractivity contribution in [3.05, 3.63) is 77.6 Å². The largest absolute Gasteiger partial charge is 0.345 e. The van der Waals surface area contributed by atoms with E-state index in [1.54, 1.807) is 6.20 Å². The Morgan fingerprint density at radius 1 is 1.17 bits per heavy atom. The molecule has 3 heterocycles. The molecule has 0 radical (unpaired) electrons. The minimum atomic E-state index is -0.125. The maximum absolute atomic E-state index is 12.5. The number of likely N-dealkylation sites (tertiary alicyclic amines) is 1. The minimum absolute atomic E-state index is 0.125. The summed E-state index contributed by atoms with van der Waals surface area (Å²) in [6, 6.07) is 12.5. The lowest BCUT2D eigenvalue weighted by Crippen LogP contribution is -2.58. The number of carbonyl (C=O) groups excluding carboxylic acids is 1. The molecule has 3 aromatic rings. The van der Waals surface area contributed by atoms with E-state index in [2.05, 4.69) is 60.4 Å². The smallest absolute Gasteiger partial charge is 0.272 e. The molecule has 0 bridgehead atoms. The lowest BCUT2D eigenvalue weighted by Gasteiger charge is -2.39. The average molecular weight is 403 g/mol. The molecule has 0 unspecified atom stereocenters. The first-order valence-corrected chi connectivity index (χ1v) is 10.6. The molecule has 154 valence electrons. The number of carbonyl (C=O) groups is 1. The van der Waals surface area contributed by atoms with Crippen LogP contribution in [-0.2, 0) is 19.5 Å². The van der Waals surface area contributed by atoms with Gasteiger partial charge in [-0.3, -0.25) is 9.69 Å². The van der Waals surface area contributed by atoms with E-state index in [1.165, 1.54) is 18.4 Å². The van der Waals surface area contributed by atoms with E-state index in [0.717, 1.165) is 43.9 Å². The van der Waals surface area contributed by atoms with Gasteiger partial charge >= 0.3 is 0 Å². The first-order valence-electron chi connectivity index (χ1n) is 10.6. The maximum atomic E-state index is 12.5. The van der Waals surface area contributed by atoms with Crippen molar-refractivity contribution >= 4 is 5.91 Å². The van der Waals surface area contributed by atoms with Crippen molar-refractivity contribution in [3.8, 4) is 0 Å². The Morgan fingerprint density at radius 3 is 2.80 bits per heavy atom. The van der Waals surface area contributed by atoms with Gasteiger partial charge in [0.2, 0.25) is 0 Å². The van der Waals surface area contributed by atoms with E-state index in [1.807, 2.05) is 18.5 Å². The van der Waals surface area contributed by atoms with E-state index in [-0.39, 0.29) is 11.9 Å². The minimum Gasteiger partial charge on any atom is -0.345 e. The van der Waals surface area contributed by atoms with Crippen LogP contribution in [0.2, 0.25) is 0 Å². The molecular weight excluding hydrogens is 376 g/mol. The Bertz CT molecular complexity index is 1010. The molecule has 5 rings (SSSR count). The van der Waals surface area contributed by atoms with Crippen molar-refractivity contribution < 1.29 is 4.79 Å². The third-order valence-electron chi connectivity index (χ3n) is 5.82. The quantitative estimate of drug-likeness (QED) is 0.626. The Balaban J connectivity index is 1.06. The third kappa shape index (κ3) is 4.57. The predicted octanol–water partition coefficient (Wildman–Crippen LogP) is 2.41. The standard InChI is InChI=1S/C23H26N6O/c30-23(22-10-19(11-25-27-22)18-6-7-18)26-21-14-29(15-21)13-20-12-28(16-24-20)9-8-17-4-2-1-3-5-17/h1-5,10-12,16,18,21H,6-9,13-15H2,(H,26,30). The van der Waals surface area contributed by atoms with Crippen molar-refractivity contribution in [1.82, 2.24) is 30.0 Å². The number of nitrogens with one attached hydrogen (secondary N) is 1. The van der Waals surface area contributed by atoms with Gasteiger partial charge in [0.1, 0.15) is 0 Å². The monoisotopic (exact) mass is 402 g/mol.